The molecule has 0 aromatic carbocycles. The highest BCUT2D eigenvalue weighted by molar-refractivity contribution is 9.10. The van der Waals surface area contributed by atoms with Gasteiger partial charge in [0.15, 0.2) is 0 Å². The van der Waals surface area contributed by atoms with E-state index in [0.717, 1.165) is 4.47 Å². The quantitative estimate of drug-likeness (QED) is 0.733. The Morgan fingerprint density at radius 2 is 2.14 bits per heavy atom. The predicted octanol–water partition coefficient (Wildman–Crippen LogP) is 1.56. The number of hydrogen-bond acceptors (Lipinski definition) is 4. The molecular weight excluding hydrogens is 266 g/mol. The van der Waals surface area contributed by atoms with E-state index < -0.39 is 12.2 Å². The standard InChI is InChI=1S/C9H12BrNO2S/c10-6-1-2-7(11-5-6)9(13)8(12)3-4-14/h1-2,5,8-9,12-14H,3-4H2. The Kier molecular flexibility index (Phi) is 4.88. The van der Waals surface area contributed by atoms with Crippen molar-refractivity contribution < 1.29 is 10.2 Å². The van der Waals surface area contributed by atoms with Crippen LogP contribution in [-0.4, -0.2) is 27.1 Å². The summed E-state index contributed by atoms with van der Waals surface area (Å²) < 4.78 is 0.845. The van der Waals surface area contributed by atoms with Gasteiger partial charge in [-0.15, -0.1) is 0 Å². The van der Waals surface area contributed by atoms with Crippen molar-refractivity contribution in [2.45, 2.75) is 18.6 Å². The molecule has 0 amide bonds. The van der Waals surface area contributed by atoms with E-state index in [1.165, 1.54) is 0 Å². The lowest BCUT2D eigenvalue weighted by atomic mass is 10.1. The zero-order chi connectivity index (χ0) is 10.6. The Balaban J connectivity index is 2.68. The number of nitrogens with zero attached hydrogens (tertiary/aromatic N) is 1. The van der Waals surface area contributed by atoms with Gasteiger partial charge in [0.1, 0.15) is 6.10 Å². The van der Waals surface area contributed by atoms with Crippen LogP contribution in [0.3, 0.4) is 0 Å². The number of aliphatic hydroxyl groups excluding tert-OH is 2. The molecule has 0 fully saturated rings. The van der Waals surface area contributed by atoms with Crippen LogP contribution in [0.1, 0.15) is 18.2 Å². The highest BCUT2D eigenvalue weighted by Crippen LogP contribution is 2.18. The fourth-order valence-electron chi connectivity index (χ4n) is 1.05. The Morgan fingerprint density at radius 3 is 2.64 bits per heavy atom. The number of pyridine rings is 1. The molecule has 3 nitrogen and oxygen atoms in total. The molecule has 0 bridgehead atoms. The maximum absolute atomic E-state index is 9.65. The number of aromatic nitrogens is 1. The van der Waals surface area contributed by atoms with Crippen molar-refractivity contribution in [2.24, 2.45) is 0 Å². The first-order valence-electron chi connectivity index (χ1n) is 4.23. The summed E-state index contributed by atoms with van der Waals surface area (Å²) in [5.41, 5.74) is 0.475. The van der Waals surface area contributed by atoms with Crippen LogP contribution in [0.25, 0.3) is 0 Å². The van der Waals surface area contributed by atoms with Crippen LogP contribution in [-0.2, 0) is 0 Å². The number of rotatable bonds is 4. The van der Waals surface area contributed by atoms with Gasteiger partial charge in [0.25, 0.3) is 0 Å². The van der Waals surface area contributed by atoms with Crippen LogP contribution >= 0.6 is 28.6 Å². The summed E-state index contributed by atoms with van der Waals surface area (Å²) in [6.07, 6.45) is 0.296. The average Bonchev–Trinajstić information content (AvgIpc) is 2.18. The summed E-state index contributed by atoms with van der Waals surface area (Å²) in [4.78, 5) is 4.00. The summed E-state index contributed by atoms with van der Waals surface area (Å²) in [5.74, 6) is 0.536. The minimum absolute atomic E-state index is 0.446. The van der Waals surface area contributed by atoms with Crippen LogP contribution in [0.15, 0.2) is 22.8 Å². The van der Waals surface area contributed by atoms with Crippen molar-refractivity contribution in [3.8, 4) is 0 Å². The van der Waals surface area contributed by atoms with E-state index in [4.69, 9.17) is 0 Å². The molecule has 78 valence electrons. The van der Waals surface area contributed by atoms with Gasteiger partial charge >= 0.3 is 0 Å². The van der Waals surface area contributed by atoms with E-state index in [-0.39, 0.29) is 0 Å². The normalized spacial score (nSPS) is 15.1. The van der Waals surface area contributed by atoms with Crippen LogP contribution < -0.4 is 0 Å². The van der Waals surface area contributed by atoms with Crippen LogP contribution in [0, 0.1) is 0 Å². The molecule has 2 unspecified atom stereocenters. The van der Waals surface area contributed by atoms with Gasteiger partial charge in [0, 0.05) is 10.7 Å². The van der Waals surface area contributed by atoms with Gasteiger partial charge in [-0.25, -0.2) is 0 Å². The van der Waals surface area contributed by atoms with E-state index in [0.29, 0.717) is 17.9 Å². The molecule has 1 aromatic heterocycles. The smallest absolute Gasteiger partial charge is 0.122 e. The Hall–Kier alpha value is -0.100. The molecule has 0 spiro atoms. The number of hydrogen-bond donors (Lipinski definition) is 3. The van der Waals surface area contributed by atoms with Gasteiger partial charge in [-0.2, -0.15) is 12.6 Å². The van der Waals surface area contributed by atoms with Gasteiger partial charge < -0.3 is 10.2 Å². The summed E-state index contributed by atoms with van der Waals surface area (Å²) in [7, 11) is 0. The van der Waals surface area contributed by atoms with Crippen molar-refractivity contribution in [3.05, 3.63) is 28.5 Å². The SMILES string of the molecule is OC(CCS)C(O)c1ccc(Br)cn1. The molecule has 0 aliphatic rings. The Morgan fingerprint density at radius 1 is 1.43 bits per heavy atom. The zero-order valence-electron chi connectivity index (χ0n) is 7.47. The minimum atomic E-state index is -0.935. The molecule has 14 heavy (non-hydrogen) atoms. The monoisotopic (exact) mass is 277 g/mol. The van der Waals surface area contributed by atoms with Gasteiger partial charge in [-0.1, -0.05) is 0 Å². The second-order valence-corrected chi connectivity index (χ2v) is 4.29. The first-order valence-corrected chi connectivity index (χ1v) is 5.66. The largest absolute Gasteiger partial charge is 0.390 e. The van der Waals surface area contributed by atoms with Crippen LogP contribution in [0.2, 0.25) is 0 Å². The first kappa shape index (κ1) is 12.0. The molecule has 1 rings (SSSR count). The summed E-state index contributed by atoms with van der Waals surface area (Å²) >= 11 is 7.23. The second kappa shape index (κ2) is 5.70. The third-order valence-corrected chi connectivity index (χ3v) is 2.57. The van der Waals surface area contributed by atoms with E-state index in [1.807, 2.05) is 0 Å². The lowest BCUT2D eigenvalue weighted by molar-refractivity contribution is 0.0147. The minimum Gasteiger partial charge on any atom is -0.390 e. The third kappa shape index (κ3) is 3.24. The lowest BCUT2D eigenvalue weighted by Gasteiger charge is -2.16. The molecule has 0 saturated heterocycles. The summed E-state index contributed by atoms with van der Waals surface area (Å²) in [6.45, 7) is 0. The van der Waals surface area contributed by atoms with E-state index >= 15 is 0 Å². The lowest BCUT2D eigenvalue weighted by Crippen LogP contribution is -2.19. The van der Waals surface area contributed by atoms with Gasteiger partial charge in [0.05, 0.1) is 11.8 Å². The second-order valence-electron chi connectivity index (χ2n) is 2.93. The average molecular weight is 278 g/mol. The maximum Gasteiger partial charge on any atom is 0.122 e. The van der Waals surface area contributed by atoms with Crippen molar-refractivity contribution in [3.63, 3.8) is 0 Å². The fraction of sp³-hybridized carbons (Fsp3) is 0.444. The van der Waals surface area contributed by atoms with Crippen molar-refractivity contribution in [1.82, 2.24) is 4.98 Å². The topological polar surface area (TPSA) is 53.4 Å². The van der Waals surface area contributed by atoms with Gasteiger partial charge in [-0.3, -0.25) is 4.98 Å². The fourth-order valence-corrected chi connectivity index (χ4v) is 1.55. The molecule has 0 aliphatic heterocycles. The summed E-state index contributed by atoms with van der Waals surface area (Å²) in [6, 6.07) is 3.45. The molecule has 2 atom stereocenters. The predicted molar refractivity (Wildman–Crippen MR) is 61.4 cm³/mol. The maximum atomic E-state index is 9.65. The first-order chi connectivity index (χ1) is 6.65. The Labute approximate surface area is 96.7 Å². The molecule has 5 heteroatoms. The molecule has 1 aromatic rings. The van der Waals surface area contributed by atoms with E-state index in [2.05, 4.69) is 33.5 Å². The molecule has 1 heterocycles. The van der Waals surface area contributed by atoms with Gasteiger partial charge in [-0.05, 0) is 40.2 Å². The van der Waals surface area contributed by atoms with E-state index in [9.17, 15) is 10.2 Å². The van der Waals surface area contributed by atoms with Crippen molar-refractivity contribution in [1.29, 1.82) is 0 Å². The highest BCUT2D eigenvalue weighted by atomic mass is 79.9. The summed E-state index contributed by atoms with van der Waals surface area (Å²) in [5, 5.41) is 19.1. The molecule has 2 N–H and O–H groups in total. The number of halogens is 1. The molecule has 0 saturated carbocycles. The van der Waals surface area contributed by atoms with Gasteiger partial charge in [0.2, 0.25) is 0 Å². The Bertz CT molecular complexity index is 281. The van der Waals surface area contributed by atoms with Crippen LogP contribution in [0.5, 0.6) is 0 Å². The molecule has 0 radical (unpaired) electrons. The number of thiol groups is 1. The van der Waals surface area contributed by atoms with Crippen molar-refractivity contribution >= 4 is 28.6 Å². The third-order valence-electron chi connectivity index (χ3n) is 1.84. The van der Waals surface area contributed by atoms with E-state index in [1.54, 1.807) is 18.3 Å². The zero-order valence-corrected chi connectivity index (χ0v) is 9.95. The highest BCUT2D eigenvalue weighted by Gasteiger charge is 2.18. The van der Waals surface area contributed by atoms with Crippen molar-refractivity contribution in [2.75, 3.05) is 5.75 Å². The van der Waals surface area contributed by atoms with Crippen LogP contribution in [0.4, 0.5) is 0 Å². The molecular formula is C9H12BrNO2S. The molecule has 0 aliphatic carbocycles. The number of aliphatic hydroxyl groups is 2.